The van der Waals surface area contributed by atoms with Crippen LogP contribution < -0.4 is 9.64 Å². The number of hydrogen-bond acceptors (Lipinski definition) is 6. The third-order valence-corrected chi connectivity index (χ3v) is 9.57. The van der Waals surface area contributed by atoms with Gasteiger partial charge < -0.3 is 19.3 Å². The Kier molecular flexibility index (Phi) is 6.63. The molecule has 1 spiro atoms. The molecule has 224 valence electrons. The summed E-state index contributed by atoms with van der Waals surface area (Å²) in [6.07, 6.45) is 2.38. The molecule has 0 atom stereocenters. The monoisotopic (exact) mass is 591 g/mol. The van der Waals surface area contributed by atoms with Crippen molar-refractivity contribution in [2.45, 2.75) is 57.0 Å². The van der Waals surface area contributed by atoms with Gasteiger partial charge in [-0.25, -0.2) is 9.78 Å². The van der Waals surface area contributed by atoms with Crippen molar-refractivity contribution in [1.82, 2.24) is 10.1 Å². The maximum atomic E-state index is 13.8. The lowest BCUT2D eigenvalue weighted by Crippen LogP contribution is -2.47. The summed E-state index contributed by atoms with van der Waals surface area (Å²) in [4.78, 5) is 18.0. The van der Waals surface area contributed by atoms with Crippen LogP contribution in [0.1, 0.15) is 71.8 Å². The van der Waals surface area contributed by atoms with Gasteiger partial charge in [0.2, 0.25) is 0 Å². The number of hydrogen-bond donors (Lipinski definition) is 1. The Labute approximate surface area is 246 Å². The Hall–Kier alpha value is -4.08. The van der Waals surface area contributed by atoms with Crippen LogP contribution in [0.15, 0.2) is 53.1 Å². The number of anilines is 1. The van der Waals surface area contributed by atoms with Crippen molar-refractivity contribution in [2.75, 3.05) is 25.1 Å². The molecule has 2 saturated carbocycles. The van der Waals surface area contributed by atoms with Crippen LogP contribution in [0.3, 0.4) is 0 Å². The van der Waals surface area contributed by atoms with Crippen LogP contribution in [-0.4, -0.2) is 41.4 Å². The fourth-order valence-electron chi connectivity index (χ4n) is 7.24. The van der Waals surface area contributed by atoms with Crippen LogP contribution in [-0.2, 0) is 12.6 Å². The summed E-state index contributed by atoms with van der Waals surface area (Å²) in [6.45, 7) is 1.79. The van der Waals surface area contributed by atoms with Crippen molar-refractivity contribution in [3.8, 4) is 17.0 Å². The van der Waals surface area contributed by atoms with Crippen LogP contribution in [0, 0.1) is 11.3 Å². The van der Waals surface area contributed by atoms with E-state index < -0.39 is 17.7 Å². The second-order valence-electron chi connectivity index (χ2n) is 12.4. The number of rotatable bonds is 7. The van der Waals surface area contributed by atoms with E-state index in [-0.39, 0.29) is 22.6 Å². The summed E-state index contributed by atoms with van der Waals surface area (Å²) in [5.41, 5.74) is 2.46. The summed E-state index contributed by atoms with van der Waals surface area (Å²) >= 11 is 0. The second-order valence-corrected chi connectivity index (χ2v) is 12.4. The number of benzene rings is 2. The lowest BCUT2D eigenvalue weighted by atomic mass is 9.56. The molecule has 2 aromatic heterocycles. The Balaban J connectivity index is 1.05. The number of carboxylic acid groups (broad SMARTS) is 1. The predicted octanol–water partition coefficient (Wildman–Crippen LogP) is 7.73. The molecular weight excluding hydrogens is 559 g/mol. The molecule has 0 radical (unpaired) electrons. The molecule has 3 aliphatic rings. The molecule has 2 aromatic carbocycles. The van der Waals surface area contributed by atoms with E-state index in [1.807, 2.05) is 18.2 Å². The van der Waals surface area contributed by atoms with Gasteiger partial charge in [0.25, 0.3) is 0 Å². The lowest BCUT2D eigenvalue weighted by molar-refractivity contribution is -0.137. The zero-order valence-electron chi connectivity index (χ0n) is 23.8. The molecule has 1 aliphatic heterocycles. The minimum atomic E-state index is -4.46. The molecule has 4 aromatic rings. The average Bonchev–Trinajstić information content (AvgIpc) is 3.75. The smallest absolute Gasteiger partial charge is 0.417 e. The van der Waals surface area contributed by atoms with Gasteiger partial charge in [-0.15, -0.1) is 0 Å². The zero-order valence-corrected chi connectivity index (χ0v) is 23.8. The Morgan fingerprint density at radius 1 is 1.12 bits per heavy atom. The maximum Gasteiger partial charge on any atom is 0.417 e. The van der Waals surface area contributed by atoms with Crippen LogP contribution in [0.25, 0.3) is 22.2 Å². The number of aromatic nitrogens is 2. The molecule has 1 saturated heterocycles. The molecule has 0 unspecified atom stereocenters. The van der Waals surface area contributed by atoms with Crippen molar-refractivity contribution >= 4 is 22.6 Å². The first-order valence-electron chi connectivity index (χ1n) is 14.8. The van der Waals surface area contributed by atoms with Gasteiger partial charge in [0.05, 0.1) is 18.2 Å². The summed E-state index contributed by atoms with van der Waals surface area (Å²) in [5.74, 6) is 0.813. The van der Waals surface area contributed by atoms with Crippen LogP contribution in [0.5, 0.6) is 5.75 Å². The predicted molar refractivity (Wildman–Crippen MR) is 154 cm³/mol. The largest absolute Gasteiger partial charge is 0.496 e. The van der Waals surface area contributed by atoms with E-state index in [9.17, 15) is 23.1 Å². The third kappa shape index (κ3) is 5.10. The number of ether oxygens (including phenoxy) is 1. The quantitative estimate of drug-likeness (QED) is 0.235. The minimum Gasteiger partial charge on any atom is -0.496 e. The second kappa shape index (κ2) is 10.3. The molecule has 7 nitrogen and oxygen atoms in total. The van der Waals surface area contributed by atoms with E-state index in [1.54, 1.807) is 6.07 Å². The van der Waals surface area contributed by atoms with E-state index in [4.69, 9.17) is 9.26 Å². The number of nitrogens with zero attached hydrogens (tertiary/aromatic N) is 3. The number of aromatic carboxylic acids is 1. The lowest BCUT2D eigenvalue weighted by Gasteiger charge is -2.53. The minimum absolute atomic E-state index is 0.0521. The first-order chi connectivity index (χ1) is 20.6. The molecule has 10 heteroatoms. The molecule has 3 fully saturated rings. The SMILES string of the molecule is COc1cc(C(=O)O)nc2ccc(N3CCC4(CC3)CC(Cc3c(-c5ccccc5C(F)(F)F)noc3C3CC3)C4)cc12. The Bertz CT molecular complexity index is 1700. The number of alkyl halides is 3. The van der Waals surface area contributed by atoms with Crippen molar-refractivity contribution in [2.24, 2.45) is 11.3 Å². The van der Waals surface area contributed by atoms with E-state index in [0.717, 1.165) is 80.1 Å². The van der Waals surface area contributed by atoms with Gasteiger partial charge in [-0.3, -0.25) is 0 Å². The highest BCUT2D eigenvalue weighted by molar-refractivity contribution is 5.94. The molecule has 0 bridgehead atoms. The van der Waals surface area contributed by atoms with Crippen molar-refractivity contribution in [1.29, 1.82) is 0 Å². The number of piperidine rings is 1. The average molecular weight is 592 g/mol. The molecule has 2 aliphatic carbocycles. The molecule has 3 heterocycles. The number of pyridine rings is 1. The highest BCUT2D eigenvalue weighted by Gasteiger charge is 2.47. The number of carboxylic acids is 1. The molecule has 0 amide bonds. The summed E-state index contributed by atoms with van der Waals surface area (Å²) < 4.78 is 52.7. The standard InChI is InChI=1S/C33H32F3N3O4/c1-42-28-16-27(31(40)41)37-26-9-8-21(15-23(26)28)39-12-10-32(11-13-39)17-19(18-32)14-24-29(38-43-30(24)20-6-7-20)22-4-2-3-5-25(22)33(34,35)36/h2-5,8-9,15-16,19-20H,6-7,10-14,17-18H2,1H3,(H,40,41). The highest BCUT2D eigenvalue weighted by Crippen LogP contribution is 2.55. The van der Waals surface area contributed by atoms with Gasteiger partial charge in [-0.1, -0.05) is 23.4 Å². The topological polar surface area (TPSA) is 88.7 Å². The van der Waals surface area contributed by atoms with Crippen molar-refractivity contribution in [3.63, 3.8) is 0 Å². The van der Waals surface area contributed by atoms with Gasteiger partial charge in [-0.2, -0.15) is 13.2 Å². The van der Waals surface area contributed by atoms with Crippen LogP contribution >= 0.6 is 0 Å². The first-order valence-corrected chi connectivity index (χ1v) is 14.8. The highest BCUT2D eigenvalue weighted by atomic mass is 19.4. The third-order valence-electron chi connectivity index (χ3n) is 9.57. The van der Waals surface area contributed by atoms with Gasteiger partial charge >= 0.3 is 12.1 Å². The number of fused-ring (bicyclic) bond motifs is 1. The van der Waals surface area contributed by atoms with Crippen molar-refractivity contribution < 1.29 is 32.3 Å². The van der Waals surface area contributed by atoms with Gasteiger partial charge in [0, 0.05) is 47.3 Å². The normalized spacial score (nSPS) is 18.7. The van der Waals surface area contributed by atoms with E-state index in [2.05, 4.69) is 15.0 Å². The Morgan fingerprint density at radius 2 is 1.86 bits per heavy atom. The number of methoxy groups -OCH3 is 1. The van der Waals surface area contributed by atoms with E-state index in [1.165, 1.54) is 25.3 Å². The first kappa shape index (κ1) is 27.7. The maximum absolute atomic E-state index is 13.8. The van der Waals surface area contributed by atoms with Gasteiger partial charge in [-0.05, 0) is 80.5 Å². The summed E-state index contributed by atoms with van der Waals surface area (Å²) in [6, 6.07) is 12.9. The van der Waals surface area contributed by atoms with Crippen molar-refractivity contribution in [3.05, 3.63) is 71.1 Å². The van der Waals surface area contributed by atoms with E-state index in [0.29, 0.717) is 29.3 Å². The number of halogens is 3. The van der Waals surface area contributed by atoms with Crippen LogP contribution in [0.2, 0.25) is 0 Å². The molecule has 1 N–H and O–H groups in total. The fraction of sp³-hybridized carbons (Fsp3) is 0.424. The summed E-state index contributed by atoms with van der Waals surface area (Å²) in [7, 11) is 1.52. The molecule has 43 heavy (non-hydrogen) atoms. The Morgan fingerprint density at radius 3 is 2.53 bits per heavy atom. The van der Waals surface area contributed by atoms with Crippen LogP contribution in [0.4, 0.5) is 18.9 Å². The summed E-state index contributed by atoms with van der Waals surface area (Å²) in [5, 5.41) is 14.3. The van der Waals surface area contributed by atoms with E-state index >= 15 is 0 Å². The fourth-order valence-corrected chi connectivity index (χ4v) is 7.24. The zero-order chi connectivity index (χ0) is 29.9. The van der Waals surface area contributed by atoms with Gasteiger partial charge in [0.1, 0.15) is 17.2 Å². The molecule has 7 rings (SSSR count). The number of carbonyl (C=O) groups is 1. The van der Waals surface area contributed by atoms with Gasteiger partial charge in [0.15, 0.2) is 5.69 Å². The molecular formula is C33H32F3N3O4.